The van der Waals surface area contributed by atoms with Crippen LogP contribution in [-0.4, -0.2) is 0 Å². The van der Waals surface area contributed by atoms with E-state index in [1.165, 1.54) is 54.6 Å². The van der Waals surface area contributed by atoms with Crippen LogP contribution in [0.4, 0.5) is 17.1 Å². The molecule has 2 heteroatoms. The van der Waals surface area contributed by atoms with E-state index in [1.807, 2.05) is 6.07 Å². The highest BCUT2D eigenvalue weighted by molar-refractivity contribution is 6.18. The average Bonchev–Trinajstić information content (AvgIpc) is 3.63. The molecule has 0 amide bonds. The summed E-state index contributed by atoms with van der Waals surface area (Å²) in [6.07, 6.45) is 0. The van der Waals surface area contributed by atoms with Crippen molar-refractivity contribution in [3.8, 4) is 22.3 Å². The molecule has 0 bridgehead atoms. The Morgan fingerprint density at radius 3 is 1.63 bits per heavy atom. The minimum Gasteiger partial charge on any atom is -0.455 e. The lowest BCUT2D eigenvalue weighted by atomic mass is 9.93. The SMILES string of the molecule is c1ccc2c(-c3ccc(N(c4ccc(-c5cc6ccccc6c6ccccc56)cc4)c4cccc5c4ccc4c6ccccc6oc54)cc3)cccc2c1. The predicted octanol–water partition coefficient (Wildman–Crippen LogP) is 15.0. The van der Waals surface area contributed by atoms with Crippen LogP contribution in [0, 0.1) is 0 Å². The first kappa shape index (κ1) is 30.5. The number of fused-ring (bicyclic) bond motifs is 9. The normalized spacial score (nSPS) is 11.7. The van der Waals surface area contributed by atoms with Gasteiger partial charge in [0.15, 0.2) is 0 Å². The topological polar surface area (TPSA) is 16.4 Å². The molecule has 0 unspecified atom stereocenters. The van der Waals surface area contributed by atoms with Gasteiger partial charge in [-0.2, -0.15) is 0 Å². The molecule has 11 rings (SSSR count). The highest BCUT2D eigenvalue weighted by Crippen LogP contribution is 2.44. The zero-order valence-electron chi connectivity index (χ0n) is 29.4. The van der Waals surface area contributed by atoms with Crippen molar-refractivity contribution < 1.29 is 4.42 Å². The Hall–Kier alpha value is -7.16. The van der Waals surface area contributed by atoms with Crippen molar-refractivity contribution >= 4 is 82.1 Å². The molecule has 252 valence electrons. The molecule has 0 radical (unpaired) electrons. The van der Waals surface area contributed by atoms with Crippen LogP contribution in [-0.2, 0) is 0 Å². The number of anilines is 3. The van der Waals surface area contributed by atoms with Crippen LogP contribution in [0.25, 0.3) is 87.3 Å². The van der Waals surface area contributed by atoms with E-state index < -0.39 is 0 Å². The van der Waals surface area contributed by atoms with Crippen LogP contribution in [0.1, 0.15) is 0 Å². The number of rotatable bonds is 5. The van der Waals surface area contributed by atoms with Gasteiger partial charge in [-0.05, 0) is 103 Å². The molecule has 0 aliphatic heterocycles. The van der Waals surface area contributed by atoms with Crippen molar-refractivity contribution in [3.63, 3.8) is 0 Å². The Kier molecular flexibility index (Phi) is 6.90. The van der Waals surface area contributed by atoms with E-state index in [2.05, 4.69) is 199 Å². The minimum absolute atomic E-state index is 0.906. The van der Waals surface area contributed by atoms with Gasteiger partial charge in [0.05, 0.1) is 5.69 Å². The summed E-state index contributed by atoms with van der Waals surface area (Å²) >= 11 is 0. The van der Waals surface area contributed by atoms with Gasteiger partial charge in [-0.15, -0.1) is 0 Å². The summed E-state index contributed by atoms with van der Waals surface area (Å²) in [4.78, 5) is 2.38. The van der Waals surface area contributed by atoms with Crippen molar-refractivity contribution in [1.29, 1.82) is 0 Å². The smallest absolute Gasteiger partial charge is 0.143 e. The molecule has 0 atom stereocenters. The van der Waals surface area contributed by atoms with E-state index in [0.717, 1.165) is 49.8 Å². The van der Waals surface area contributed by atoms with Crippen LogP contribution in [0.5, 0.6) is 0 Å². The maximum absolute atomic E-state index is 6.52. The van der Waals surface area contributed by atoms with Gasteiger partial charge < -0.3 is 9.32 Å². The first-order chi connectivity index (χ1) is 26.8. The summed E-state index contributed by atoms with van der Waals surface area (Å²) in [6.45, 7) is 0. The lowest BCUT2D eigenvalue weighted by molar-refractivity contribution is 0.672. The van der Waals surface area contributed by atoms with E-state index in [1.54, 1.807) is 0 Å². The fourth-order valence-electron chi connectivity index (χ4n) is 8.50. The number of hydrogen-bond acceptors (Lipinski definition) is 2. The highest BCUT2D eigenvalue weighted by Gasteiger charge is 2.19. The molecule has 1 heterocycles. The predicted molar refractivity (Wildman–Crippen MR) is 229 cm³/mol. The van der Waals surface area contributed by atoms with Gasteiger partial charge in [0.2, 0.25) is 0 Å². The van der Waals surface area contributed by atoms with Crippen LogP contribution in [0.15, 0.2) is 205 Å². The Morgan fingerprint density at radius 2 is 0.852 bits per heavy atom. The van der Waals surface area contributed by atoms with E-state index in [0.29, 0.717) is 0 Å². The highest BCUT2D eigenvalue weighted by atomic mass is 16.3. The van der Waals surface area contributed by atoms with Crippen LogP contribution < -0.4 is 4.90 Å². The molecule has 54 heavy (non-hydrogen) atoms. The molecule has 2 nitrogen and oxygen atoms in total. The van der Waals surface area contributed by atoms with Crippen LogP contribution in [0.3, 0.4) is 0 Å². The summed E-state index contributed by atoms with van der Waals surface area (Å²) < 4.78 is 6.52. The van der Waals surface area contributed by atoms with Gasteiger partial charge in [-0.3, -0.25) is 0 Å². The standard InChI is InChI=1S/C52H33NO/c1-3-14-40-34(11-1)13-9-19-41(40)35-23-27-38(28-24-35)53(50-21-10-20-47-45(50)31-32-48-46-18-7-8-22-51(46)54-52(47)48)39-29-25-36(26-30-39)49-33-37-12-2-4-15-42(37)43-16-5-6-17-44(43)49/h1-33H. The largest absolute Gasteiger partial charge is 0.455 e. The third-order valence-corrected chi connectivity index (χ3v) is 11.0. The third kappa shape index (κ3) is 4.81. The van der Waals surface area contributed by atoms with Gasteiger partial charge in [-0.1, -0.05) is 152 Å². The fourth-order valence-corrected chi connectivity index (χ4v) is 8.50. The molecule has 11 aromatic rings. The van der Waals surface area contributed by atoms with Gasteiger partial charge in [0.25, 0.3) is 0 Å². The molecule has 0 aliphatic carbocycles. The quantitative estimate of drug-likeness (QED) is 0.168. The van der Waals surface area contributed by atoms with Gasteiger partial charge in [0.1, 0.15) is 11.2 Å². The molecule has 10 aromatic carbocycles. The summed E-state index contributed by atoms with van der Waals surface area (Å²) in [6, 6.07) is 72.3. The first-order valence-corrected chi connectivity index (χ1v) is 18.5. The molecular formula is C52H33NO. The summed E-state index contributed by atoms with van der Waals surface area (Å²) in [5.74, 6) is 0. The lowest BCUT2D eigenvalue weighted by Gasteiger charge is -2.27. The number of para-hydroxylation sites is 1. The number of nitrogens with zero attached hydrogens (tertiary/aromatic N) is 1. The zero-order valence-corrected chi connectivity index (χ0v) is 29.4. The molecule has 0 saturated carbocycles. The van der Waals surface area contributed by atoms with Gasteiger partial charge in [-0.25, -0.2) is 0 Å². The van der Waals surface area contributed by atoms with E-state index >= 15 is 0 Å². The lowest BCUT2D eigenvalue weighted by Crippen LogP contribution is -2.10. The van der Waals surface area contributed by atoms with Crippen molar-refractivity contribution in [2.75, 3.05) is 4.90 Å². The monoisotopic (exact) mass is 687 g/mol. The maximum Gasteiger partial charge on any atom is 0.143 e. The van der Waals surface area contributed by atoms with Crippen LogP contribution >= 0.6 is 0 Å². The summed E-state index contributed by atoms with van der Waals surface area (Å²) in [5, 5.41) is 12.1. The minimum atomic E-state index is 0.906. The third-order valence-electron chi connectivity index (χ3n) is 11.0. The second-order valence-electron chi connectivity index (χ2n) is 14.1. The van der Waals surface area contributed by atoms with E-state index in [4.69, 9.17) is 4.42 Å². The summed E-state index contributed by atoms with van der Waals surface area (Å²) in [7, 11) is 0. The second-order valence-corrected chi connectivity index (χ2v) is 14.1. The van der Waals surface area contributed by atoms with Crippen molar-refractivity contribution in [2.24, 2.45) is 0 Å². The molecular weight excluding hydrogens is 655 g/mol. The molecule has 0 aliphatic rings. The average molecular weight is 688 g/mol. The molecule has 1 aromatic heterocycles. The zero-order chi connectivity index (χ0) is 35.6. The first-order valence-electron chi connectivity index (χ1n) is 18.5. The van der Waals surface area contributed by atoms with E-state index in [9.17, 15) is 0 Å². The van der Waals surface area contributed by atoms with E-state index in [-0.39, 0.29) is 0 Å². The fraction of sp³-hybridized carbons (Fsp3) is 0. The van der Waals surface area contributed by atoms with Gasteiger partial charge >= 0.3 is 0 Å². The number of benzene rings is 10. The van der Waals surface area contributed by atoms with Crippen molar-refractivity contribution in [3.05, 3.63) is 200 Å². The van der Waals surface area contributed by atoms with Crippen molar-refractivity contribution in [2.45, 2.75) is 0 Å². The molecule has 0 saturated heterocycles. The molecule has 0 spiro atoms. The Balaban J connectivity index is 1.09. The Bertz CT molecular complexity index is 3200. The Labute approximate surface area is 312 Å². The second kappa shape index (κ2) is 12.2. The molecule has 0 fully saturated rings. The van der Waals surface area contributed by atoms with Crippen LogP contribution in [0.2, 0.25) is 0 Å². The number of hydrogen-bond donors (Lipinski definition) is 0. The maximum atomic E-state index is 6.52. The number of furan rings is 1. The Morgan fingerprint density at radius 1 is 0.315 bits per heavy atom. The van der Waals surface area contributed by atoms with Crippen molar-refractivity contribution in [1.82, 2.24) is 0 Å². The summed E-state index contributed by atoms with van der Waals surface area (Å²) in [5.41, 5.74) is 9.93. The molecule has 0 N–H and O–H groups in total. The van der Waals surface area contributed by atoms with Gasteiger partial charge in [0, 0.05) is 32.9 Å².